The Kier molecular flexibility index (Phi) is 6.67. The molecule has 1 saturated carbocycles. The highest BCUT2D eigenvalue weighted by atomic mass is 32.1. The molecule has 1 aromatic heterocycles. The third-order valence-electron chi connectivity index (χ3n) is 4.81. The minimum atomic E-state index is -0.553. The summed E-state index contributed by atoms with van der Waals surface area (Å²) in [6.45, 7) is 4.27. The van der Waals surface area contributed by atoms with Crippen LogP contribution in [0, 0.1) is 0 Å². The molecule has 1 atom stereocenters. The molecule has 0 spiro atoms. The maximum absolute atomic E-state index is 12.9. The van der Waals surface area contributed by atoms with Crippen LogP contribution in [0.25, 0.3) is 0 Å². The molecule has 0 saturated heterocycles. The monoisotopic (exact) mass is 384 g/mol. The minimum absolute atomic E-state index is 0.0873. The van der Waals surface area contributed by atoms with E-state index < -0.39 is 6.04 Å². The van der Waals surface area contributed by atoms with Crippen LogP contribution in [0.3, 0.4) is 0 Å². The summed E-state index contributed by atoms with van der Waals surface area (Å²) < 4.78 is 0. The molecule has 27 heavy (non-hydrogen) atoms. The molecular formula is C22H28N2O2S. The summed E-state index contributed by atoms with van der Waals surface area (Å²) in [7, 11) is 0. The maximum Gasteiger partial charge on any atom is 0.262 e. The lowest BCUT2D eigenvalue weighted by Gasteiger charge is -2.18. The van der Waals surface area contributed by atoms with Crippen molar-refractivity contribution in [1.82, 2.24) is 10.6 Å². The first-order valence-electron chi connectivity index (χ1n) is 9.87. The lowest BCUT2D eigenvalue weighted by molar-refractivity contribution is -0.123. The van der Waals surface area contributed by atoms with Gasteiger partial charge >= 0.3 is 0 Å². The van der Waals surface area contributed by atoms with E-state index in [-0.39, 0.29) is 17.9 Å². The van der Waals surface area contributed by atoms with Gasteiger partial charge < -0.3 is 10.6 Å². The van der Waals surface area contributed by atoms with Crippen molar-refractivity contribution in [3.8, 4) is 0 Å². The number of hydrogen-bond donors (Lipinski definition) is 2. The zero-order valence-corrected chi connectivity index (χ0v) is 16.9. The number of benzene rings is 1. The maximum atomic E-state index is 12.9. The first kappa shape index (κ1) is 19.6. The van der Waals surface area contributed by atoms with Crippen molar-refractivity contribution in [3.63, 3.8) is 0 Å². The van der Waals surface area contributed by atoms with Crippen molar-refractivity contribution in [2.24, 2.45) is 0 Å². The number of hydrogen-bond acceptors (Lipinski definition) is 3. The second kappa shape index (κ2) is 9.18. The Bertz CT molecular complexity index is 781. The van der Waals surface area contributed by atoms with Gasteiger partial charge in [0.25, 0.3) is 5.91 Å². The van der Waals surface area contributed by atoms with Crippen molar-refractivity contribution in [1.29, 1.82) is 0 Å². The molecule has 0 bridgehead atoms. The number of rotatable bonds is 9. The zero-order valence-electron chi connectivity index (χ0n) is 16.1. The van der Waals surface area contributed by atoms with Gasteiger partial charge in [0.05, 0.1) is 4.88 Å². The van der Waals surface area contributed by atoms with Gasteiger partial charge in [0.15, 0.2) is 0 Å². The average molecular weight is 385 g/mol. The molecule has 2 N–H and O–H groups in total. The van der Waals surface area contributed by atoms with Crippen LogP contribution in [0.4, 0.5) is 0 Å². The Balaban J connectivity index is 1.73. The van der Waals surface area contributed by atoms with E-state index in [1.807, 2.05) is 36.4 Å². The second-order valence-corrected chi connectivity index (χ2v) is 8.30. The van der Waals surface area contributed by atoms with E-state index in [0.29, 0.717) is 11.3 Å². The summed E-state index contributed by atoms with van der Waals surface area (Å²) in [5, 5.41) is 6.01. The fourth-order valence-electron chi connectivity index (χ4n) is 3.13. The van der Waals surface area contributed by atoms with Crippen molar-refractivity contribution in [3.05, 3.63) is 57.3 Å². The molecule has 1 aliphatic carbocycles. The van der Waals surface area contributed by atoms with Gasteiger partial charge in [-0.25, -0.2) is 0 Å². The molecule has 144 valence electrons. The molecule has 5 heteroatoms. The van der Waals surface area contributed by atoms with Crippen LogP contribution >= 0.6 is 11.3 Å². The summed E-state index contributed by atoms with van der Waals surface area (Å²) in [5.41, 5.74) is 2.29. The molecule has 2 aromatic rings. The second-order valence-electron chi connectivity index (χ2n) is 7.16. The van der Waals surface area contributed by atoms with Gasteiger partial charge in [-0.3, -0.25) is 9.59 Å². The highest BCUT2D eigenvalue weighted by molar-refractivity contribution is 7.14. The normalized spacial score (nSPS) is 14.6. The highest BCUT2D eigenvalue weighted by Gasteiger charge is 2.29. The first-order valence-corrected chi connectivity index (χ1v) is 10.7. The first-order chi connectivity index (χ1) is 13.1. The van der Waals surface area contributed by atoms with E-state index in [2.05, 4.69) is 24.5 Å². The van der Waals surface area contributed by atoms with Crippen molar-refractivity contribution in [2.75, 3.05) is 0 Å². The lowest BCUT2D eigenvalue weighted by Crippen LogP contribution is -2.48. The van der Waals surface area contributed by atoms with E-state index >= 15 is 0 Å². The van der Waals surface area contributed by atoms with Crippen molar-refractivity contribution in [2.45, 2.75) is 64.5 Å². The molecule has 1 aromatic carbocycles. The topological polar surface area (TPSA) is 58.2 Å². The van der Waals surface area contributed by atoms with E-state index in [1.54, 1.807) is 11.3 Å². The Morgan fingerprint density at radius 2 is 1.93 bits per heavy atom. The summed E-state index contributed by atoms with van der Waals surface area (Å²) >= 11 is 1.56. The molecule has 1 heterocycles. The van der Waals surface area contributed by atoms with Crippen LogP contribution in [0.5, 0.6) is 0 Å². The van der Waals surface area contributed by atoms with Crippen molar-refractivity contribution >= 4 is 23.2 Å². The van der Waals surface area contributed by atoms with Crippen LogP contribution in [-0.2, 0) is 24.1 Å². The average Bonchev–Trinajstić information content (AvgIpc) is 3.39. The highest BCUT2D eigenvalue weighted by Crippen LogP contribution is 2.25. The molecule has 0 aliphatic heterocycles. The largest absolute Gasteiger partial charge is 0.352 e. The molecule has 1 unspecified atom stereocenters. The number of nitrogens with one attached hydrogen (secondary N) is 2. The third-order valence-corrected chi connectivity index (χ3v) is 6.04. The van der Waals surface area contributed by atoms with E-state index in [4.69, 9.17) is 0 Å². The zero-order chi connectivity index (χ0) is 19.2. The number of thiophene rings is 1. The van der Waals surface area contributed by atoms with Gasteiger partial charge in [-0.1, -0.05) is 50.6 Å². The van der Waals surface area contributed by atoms with Crippen LogP contribution in [0.1, 0.15) is 58.8 Å². The lowest BCUT2D eigenvalue weighted by atomic mass is 10.0. The standard InChI is InChI=1S/C22H28N2O2S/c1-3-8-19-16(4-2)14-20(27-19)22(26)24-18(21(25)23-17-11-12-17)13-15-9-6-5-7-10-15/h5-7,9-10,14,17-18H,3-4,8,11-13H2,1-2H3,(H,23,25)(H,24,26). The minimum Gasteiger partial charge on any atom is -0.352 e. The Hall–Kier alpha value is -2.14. The summed E-state index contributed by atoms with van der Waals surface area (Å²) in [5.74, 6) is -0.236. The van der Waals surface area contributed by atoms with Gasteiger partial charge in [-0.05, 0) is 42.9 Å². The summed E-state index contributed by atoms with van der Waals surface area (Å²) in [4.78, 5) is 27.5. The predicted octanol–water partition coefficient (Wildman–Crippen LogP) is 3.88. The van der Waals surface area contributed by atoms with E-state index in [1.165, 1.54) is 10.4 Å². The molecular weight excluding hydrogens is 356 g/mol. The molecule has 1 aliphatic rings. The quantitative estimate of drug-likeness (QED) is 0.689. The van der Waals surface area contributed by atoms with Crippen LogP contribution < -0.4 is 10.6 Å². The Labute approximate surface area is 165 Å². The Morgan fingerprint density at radius 3 is 2.56 bits per heavy atom. The Morgan fingerprint density at radius 1 is 1.19 bits per heavy atom. The predicted molar refractivity (Wildman–Crippen MR) is 110 cm³/mol. The van der Waals surface area contributed by atoms with E-state index in [9.17, 15) is 9.59 Å². The van der Waals surface area contributed by atoms with Crippen LogP contribution in [-0.4, -0.2) is 23.9 Å². The van der Waals surface area contributed by atoms with Gasteiger partial charge in [0.2, 0.25) is 5.91 Å². The van der Waals surface area contributed by atoms with Crippen molar-refractivity contribution < 1.29 is 9.59 Å². The molecule has 3 rings (SSSR count). The van der Waals surface area contributed by atoms with Crippen LogP contribution in [0.15, 0.2) is 36.4 Å². The summed E-state index contributed by atoms with van der Waals surface area (Å²) in [6.07, 6.45) is 5.55. The SMILES string of the molecule is CCCc1sc(C(=O)NC(Cc2ccccc2)C(=O)NC2CC2)cc1CC. The van der Waals surface area contributed by atoms with Gasteiger partial charge in [0, 0.05) is 17.3 Å². The molecule has 1 fully saturated rings. The molecule has 0 radical (unpaired) electrons. The number of aryl methyl sites for hydroxylation is 2. The van der Waals surface area contributed by atoms with Crippen LogP contribution in [0.2, 0.25) is 0 Å². The fourth-order valence-corrected chi connectivity index (χ4v) is 4.39. The third kappa shape index (κ3) is 5.42. The fraction of sp³-hybridized carbons (Fsp3) is 0.455. The smallest absolute Gasteiger partial charge is 0.262 e. The van der Waals surface area contributed by atoms with Gasteiger partial charge in [0.1, 0.15) is 6.04 Å². The van der Waals surface area contributed by atoms with E-state index in [0.717, 1.165) is 37.7 Å². The number of carbonyl (C=O) groups is 2. The van der Waals surface area contributed by atoms with Gasteiger partial charge in [-0.15, -0.1) is 11.3 Å². The number of carbonyl (C=O) groups excluding carboxylic acids is 2. The molecule has 2 amide bonds. The summed E-state index contributed by atoms with van der Waals surface area (Å²) in [6, 6.07) is 11.6. The molecule has 4 nitrogen and oxygen atoms in total. The number of amides is 2. The van der Waals surface area contributed by atoms with Gasteiger partial charge in [-0.2, -0.15) is 0 Å².